The third kappa shape index (κ3) is 5.35. The van der Waals surface area contributed by atoms with Crippen LogP contribution in [0.25, 0.3) is 0 Å². The number of rotatable bonds is 5. The van der Waals surface area contributed by atoms with E-state index in [0.29, 0.717) is 12.0 Å². The first kappa shape index (κ1) is 19.0. The predicted octanol–water partition coefficient (Wildman–Crippen LogP) is 4.91. The molecule has 0 spiro atoms. The number of anilines is 1. The van der Waals surface area contributed by atoms with Gasteiger partial charge in [0, 0.05) is 11.7 Å². The van der Waals surface area contributed by atoms with Gasteiger partial charge in [0.15, 0.2) is 0 Å². The molecule has 2 aliphatic carbocycles. The van der Waals surface area contributed by atoms with E-state index in [9.17, 15) is 0 Å². The zero-order valence-electron chi connectivity index (χ0n) is 14.5. The minimum absolute atomic E-state index is 0.0593. The van der Waals surface area contributed by atoms with Gasteiger partial charge >= 0.3 is 11.3 Å². The van der Waals surface area contributed by atoms with Crippen molar-refractivity contribution in [2.75, 3.05) is 5.32 Å². The molecular formula is C20H30N2O2. The Balaban J connectivity index is 0.00000100. The second kappa shape index (κ2) is 10.5. The van der Waals surface area contributed by atoms with Crippen molar-refractivity contribution in [1.29, 1.82) is 0 Å². The number of nitrogens with one attached hydrogen (secondary N) is 1. The Morgan fingerprint density at radius 3 is 2.00 bits per heavy atom. The van der Waals surface area contributed by atoms with Gasteiger partial charge in [0.1, 0.15) is 6.10 Å². The quantitative estimate of drug-likeness (QED) is 0.458. The number of nitrogens with two attached hydrogens (primary N) is 1. The van der Waals surface area contributed by atoms with Gasteiger partial charge < -0.3 is 5.32 Å². The van der Waals surface area contributed by atoms with Gasteiger partial charge in [-0.05, 0) is 49.3 Å². The van der Waals surface area contributed by atoms with Gasteiger partial charge in [0.2, 0.25) is 0 Å². The van der Waals surface area contributed by atoms with E-state index in [4.69, 9.17) is 15.4 Å². The molecule has 2 fully saturated rings. The van der Waals surface area contributed by atoms with Gasteiger partial charge in [-0.15, -0.1) is 0 Å². The minimum atomic E-state index is 0.0593. The van der Waals surface area contributed by atoms with E-state index in [0.717, 1.165) is 0 Å². The average Bonchev–Trinajstić information content (AvgIpc) is 2.67. The summed E-state index contributed by atoms with van der Waals surface area (Å²) in [4.78, 5) is 5.35. The zero-order valence-corrected chi connectivity index (χ0v) is 14.5. The standard InChI is InChI=1S/C19H30N2O.CO/c20-22-19(15-7-3-1-4-8-15)16-11-13-18(14-12-16)21-17-9-5-2-6-10-17;1-2/h11-15,17,19,21H,1-10,20H2;. The Morgan fingerprint density at radius 1 is 0.917 bits per heavy atom. The van der Waals surface area contributed by atoms with Gasteiger partial charge in [0.25, 0.3) is 0 Å². The molecule has 1 aromatic carbocycles. The Bertz CT molecular complexity index is 474. The fourth-order valence-electron chi connectivity index (χ4n) is 4.15. The van der Waals surface area contributed by atoms with Gasteiger partial charge in [0.05, 0.1) is 0 Å². The Kier molecular flexibility index (Phi) is 8.34. The van der Waals surface area contributed by atoms with Crippen LogP contribution in [0.2, 0.25) is 0 Å². The van der Waals surface area contributed by atoms with Crippen LogP contribution < -0.4 is 11.2 Å². The molecule has 0 amide bonds. The van der Waals surface area contributed by atoms with Crippen LogP contribution in [0.15, 0.2) is 24.3 Å². The molecule has 1 atom stereocenters. The van der Waals surface area contributed by atoms with Crippen LogP contribution in [-0.4, -0.2) is 6.04 Å². The molecule has 0 bridgehead atoms. The first-order chi connectivity index (χ1) is 11.9. The van der Waals surface area contributed by atoms with Crippen LogP contribution in [0.4, 0.5) is 5.69 Å². The van der Waals surface area contributed by atoms with Crippen LogP contribution in [0.3, 0.4) is 0 Å². The molecule has 24 heavy (non-hydrogen) atoms. The van der Waals surface area contributed by atoms with E-state index in [-0.39, 0.29) is 6.10 Å². The van der Waals surface area contributed by atoms with Crippen molar-refractivity contribution in [2.45, 2.75) is 76.4 Å². The fraction of sp³-hybridized carbons (Fsp3) is 0.650. The van der Waals surface area contributed by atoms with E-state index >= 15 is 0 Å². The summed E-state index contributed by atoms with van der Waals surface area (Å²) in [5.74, 6) is 6.19. The van der Waals surface area contributed by atoms with E-state index < -0.39 is 0 Å². The third-order valence-electron chi connectivity index (χ3n) is 5.44. The Hall–Kier alpha value is -1.32. The number of hydrogen-bond donors (Lipinski definition) is 2. The molecule has 0 radical (unpaired) electrons. The maximum absolute atomic E-state index is 7.50. The van der Waals surface area contributed by atoms with Crippen LogP contribution in [-0.2, 0) is 9.49 Å². The second-order valence-electron chi connectivity index (χ2n) is 7.06. The molecule has 0 saturated heterocycles. The van der Waals surface area contributed by atoms with E-state index in [1.807, 2.05) is 0 Å². The Labute approximate surface area is 145 Å². The third-order valence-corrected chi connectivity index (χ3v) is 5.44. The molecule has 3 N–H and O–H groups in total. The summed E-state index contributed by atoms with van der Waals surface area (Å²) in [6.45, 7) is 4.50. The molecule has 4 nitrogen and oxygen atoms in total. The second-order valence-corrected chi connectivity index (χ2v) is 7.06. The molecule has 4 heteroatoms. The van der Waals surface area contributed by atoms with Crippen LogP contribution in [0.5, 0.6) is 0 Å². The van der Waals surface area contributed by atoms with Gasteiger partial charge in [-0.2, -0.15) is 0 Å². The van der Waals surface area contributed by atoms with Crippen molar-refractivity contribution in [1.82, 2.24) is 0 Å². The summed E-state index contributed by atoms with van der Waals surface area (Å²) >= 11 is 0. The molecule has 0 aromatic heterocycles. The summed E-state index contributed by atoms with van der Waals surface area (Å²) < 4.78 is 7.50. The maximum atomic E-state index is 7.50. The molecular weight excluding hydrogens is 300 g/mol. The molecule has 1 aromatic rings. The van der Waals surface area contributed by atoms with Gasteiger partial charge in [-0.3, -0.25) is 4.84 Å². The summed E-state index contributed by atoms with van der Waals surface area (Å²) in [5, 5.41) is 3.67. The Morgan fingerprint density at radius 2 is 1.46 bits per heavy atom. The number of benzene rings is 1. The van der Waals surface area contributed by atoms with Gasteiger partial charge in [-0.1, -0.05) is 50.7 Å². The summed E-state index contributed by atoms with van der Waals surface area (Å²) in [7, 11) is 0. The number of hydrogen-bond acceptors (Lipinski definition) is 3. The van der Waals surface area contributed by atoms with Crippen molar-refractivity contribution >= 4 is 5.69 Å². The van der Waals surface area contributed by atoms with Crippen LogP contribution >= 0.6 is 0 Å². The van der Waals surface area contributed by atoms with E-state index in [1.165, 1.54) is 75.5 Å². The normalized spacial score (nSPS) is 20.6. The van der Waals surface area contributed by atoms with Crippen molar-refractivity contribution in [3.8, 4) is 0 Å². The monoisotopic (exact) mass is 330 g/mol. The zero-order chi connectivity index (χ0) is 17.2. The SMILES string of the molecule is NOC(c1ccc(NC2CCCCC2)cc1)C1CCCCC1.[C-]#[O+]. The van der Waals surface area contributed by atoms with Crippen molar-refractivity contribution in [2.24, 2.45) is 11.8 Å². The fourth-order valence-corrected chi connectivity index (χ4v) is 4.15. The van der Waals surface area contributed by atoms with Crippen LogP contribution in [0.1, 0.15) is 75.9 Å². The van der Waals surface area contributed by atoms with Gasteiger partial charge in [-0.25, -0.2) is 5.90 Å². The molecule has 0 aliphatic heterocycles. The van der Waals surface area contributed by atoms with E-state index in [1.54, 1.807) is 0 Å². The van der Waals surface area contributed by atoms with Crippen molar-refractivity contribution in [3.05, 3.63) is 36.5 Å². The van der Waals surface area contributed by atoms with E-state index in [2.05, 4.69) is 36.2 Å². The molecule has 2 saturated carbocycles. The van der Waals surface area contributed by atoms with Crippen molar-refractivity contribution < 1.29 is 9.49 Å². The van der Waals surface area contributed by atoms with Crippen molar-refractivity contribution in [3.63, 3.8) is 0 Å². The molecule has 132 valence electrons. The summed E-state index contributed by atoms with van der Waals surface area (Å²) in [6, 6.07) is 9.42. The summed E-state index contributed by atoms with van der Waals surface area (Å²) in [6.07, 6.45) is 13.2. The van der Waals surface area contributed by atoms with Crippen LogP contribution in [0, 0.1) is 12.6 Å². The first-order valence-electron chi connectivity index (χ1n) is 9.29. The molecule has 3 rings (SSSR count). The average molecular weight is 330 g/mol. The molecule has 0 heterocycles. The topological polar surface area (TPSA) is 67.2 Å². The summed E-state index contributed by atoms with van der Waals surface area (Å²) in [5.41, 5.74) is 2.46. The molecule has 1 unspecified atom stereocenters. The first-order valence-corrected chi connectivity index (χ1v) is 9.29. The predicted molar refractivity (Wildman–Crippen MR) is 95.5 cm³/mol. The molecule has 2 aliphatic rings.